The lowest BCUT2D eigenvalue weighted by atomic mass is 10.2. The lowest BCUT2D eigenvalue weighted by molar-refractivity contribution is 0.295. The average Bonchev–Trinajstić information content (AvgIpc) is 2.44. The van der Waals surface area contributed by atoms with Crippen LogP contribution in [-0.2, 0) is 13.2 Å². The Kier molecular flexibility index (Phi) is 4.86. The molecule has 0 spiro atoms. The molecule has 100 valence electrons. The van der Waals surface area contributed by atoms with Crippen LogP contribution >= 0.6 is 0 Å². The maximum absolute atomic E-state index is 5.69. The topological polar surface area (TPSA) is 47.0 Å². The third-order valence-corrected chi connectivity index (χ3v) is 2.60. The minimum absolute atomic E-state index is 0.391. The van der Waals surface area contributed by atoms with Gasteiger partial charge in [-0.15, -0.1) is 0 Å². The highest BCUT2D eigenvalue weighted by atomic mass is 16.5. The van der Waals surface area contributed by atoms with Gasteiger partial charge in [-0.1, -0.05) is 26.0 Å². The molecule has 19 heavy (non-hydrogen) atoms. The number of ether oxygens (including phenoxy) is 1. The third kappa shape index (κ3) is 4.67. The number of aromatic nitrogens is 2. The van der Waals surface area contributed by atoms with Crippen LogP contribution in [0.15, 0.2) is 42.7 Å². The molecular weight excluding hydrogens is 238 g/mol. The highest BCUT2D eigenvalue weighted by molar-refractivity contribution is 5.28. The van der Waals surface area contributed by atoms with Crippen molar-refractivity contribution in [2.45, 2.75) is 33.0 Å². The van der Waals surface area contributed by atoms with Crippen molar-refractivity contribution in [2.75, 3.05) is 0 Å². The molecule has 4 heteroatoms. The van der Waals surface area contributed by atoms with Crippen LogP contribution in [0.5, 0.6) is 5.75 Å². The van der Waals surface area contributed by atoms with Crippen LogP contribution < -0.4 is 10.1 Å². The largest absolute Gasteiger partial charge is 0.486 e. The second-order valence-electron chi connectivity index (χ2n) is 4.64. The molecular formula is C15H19N3O. The molecule has 0 saturated carbocycles. The Hall–Kier alpha value is -1.94. The molecule has 0 radical (unpaired) electrons. The van der Waals surface area contributed by atoms with Crippen molar-refractivity contribution < 1.29 is 4.74 Å². The number of rotatable bonds is 6. The van der Waals surface area contributed by atoms with Crippen molar-refractivity contribution in [3.8, 4) is 5.75 Å². The number of hydrogen-bond donors (Lipinski definition) is 1. The van der Waals surface area contributed by atoms with Gasteiger partial charge < -0.3 is 10.1 Å². The van der Waals surface area contributed by atoms with Gasteiger partial charge in [0.2, 0.25) is 0 Å². The standard InChI is InChI=1S/C15H19N3O/c1-12(2)18-10-13-5-3-6-14(9-13)19-11-15-16-7-4-8-17-15/h3-9,12,18H,10-11H2,1-2H3. The van der Waals surface area contributed by atoms with Crippen molar-refractivity contribution in [3.05, 3.63) is 54.1 Å². The second kappa shape index (κ2) is 6.85. The van der Waals surface area contributed by atoms with E-state index >= 15 is 0 Å². The fraction of sp³-hybridized carbons (Fsp3) is 0.333. The summed E-state index contributed by atoms with van der Waals surface area (Å²) in [7, 11) is 0. The Labute approximate surface area is 113 Å². The summed E-state index contributed by atoms with van der Waals surface area (Å²) < 4.78 is 5.69. The minimum Gasteiger partial charge on any atom is -0.486 e. The maximum atomic E-state index is 5.69. The SMILES string of the molecule is CC(C)NCc1cccc(OCc2ncccn2)c1. The van der Waals surface area contributed by atoms with E-state index in [0.717, 1.165) is 12.3 Å². The zero-order valence-corrected chi connectivity index (χ0v) is 11.3. The van der Waals surface area contributed by atoms with Gasteiger partial charge in [-0.05, 0) is 23.8 Å². The van der Waals surface area contributed by atoms with Gasteiger partial charge in [0, 0.05) is 25.0 Å². The van der Waals surface area contributed by atoms with E-state index in [9.17, 15) is 0 Å². The van der Waals surface area contributed by atoms with Crippen molar-refractivity contribution >= 4 is 0 Å². The van der Waals surface area contributed by atoms with Gasteiger partial charge in [0.05, 0.1) is 0 Å². The Balaban J connectivity index is 1.91. The first kappa shape index (κ1) is 13.5. The summed E-state index contributed by atoms with van der Waals surface area (Å²) in [6.45, 7) is 5.50. The molecule has 0 aliphatic heterocycles. The molecule has 0 amide bonds. The monoisotopic (exact) mass is 257 g/mol. The molecule has 0 unspecified atom stereocenters. The molecule has 2 rings (SSSR count). The average molecular weight is 257 g/mol. The first-order valence-electron chi connectivity index (χ1n) is 6.45. The zero-order chi connectivity index (χ0) is 13.5. The molecule has 1 aromatic carbocycles. The van der Waals surface area contributed by atoms with Gasteiger partial charge in [0.1, 0.15) is 12.4 Å². The van der Waals surface area contributed by atoms with E-state index in [4.69, 9.17) is 4.74 Å². The minimum atomic E-state index is 0.391. The van der Waals surface area contributed by atoms with Crippen LogP contribution in [0.2, 0.25) is 0 Å². The maximum Gasteiger partial charge on any atom is 0.166 e. The van der Waals surface area contributed by atoms with Gasteiger partial charge in [-0.25, -0.2) is 9.97 Å². The number of nitrogens with one attached hydrogen (secondary N) is 1. The van der Waals surface area contributed by atoms with Crippen molar-refractivity contribution in [3.63, 3.8) is 0 Å². The zero-order valence-electron chi connectivity index (χ0n) is 11.3. The Bertz CT molecular complexity index is 500. The van der Waals surface area contributed by atoms with Crippen LogP contribution in [0.25, 0.3) is 0 Å². The molecule has 0 bridgehead atoms. The van der Waals surface area contributed by atoms with Crippen LogP contribution in [-0.4, -0.2) is 16.0 Å². The van der Waals surface area contributed by atoms with Crippen molar-refractivity contribution in [1.29, 1.82) is 0 Å². The highest BCUT2D eigenvalue weighted by Crippen LogP contribution is 2.14. The molecule has 1 N–H and O–H groups in total. The molecule has 0 fully saturated rings. The summed E-state index contributed by atoms with van der Waals surface area (Å²) in [4.78, 5) is 8.25. The van der Waals surface area contributed by atoms with Crippen LogP contribution in [0.1, 0.15) is 25.2 Å². The number of nitrogens with zero attached hydrogens (tertiary/aromatic N) is 2. The molecule has 0 aliphatic rings. The summed E-state index contributed by atoms with van der Waals surface area (Å²) in [5.41, 5.74) is 1.21. The summed E-state index contributed by atoms with van der Waals surface area (Å²) in [5, 5.41) is 3.38. The summed E-state index contributed by atoms with van der Waals surface area (Å²) in [6, 6.07) is 10.3. The second-order valence-corrected chi connectivity index (χ2v) is 4.64. The number of benzene rings is 1. The predicted molar refractivity (Wildman–Crippen MR) is 74.8 cm³/mol. The van der Waals surface area contributed by atoms with Gasteiger partial charge in [0.25, 0.3) is 0 Å². The van der Waals surface area contributed by atoms with Gasteiger partial charge in [-0.2, -0.15) is 0 Å². The van der Waals surface area contributed by atoms with E-state index < -0.39 is 0 Å². The molecule has 0 atom stereocenters. The lowest BCUT2D eigenvalue weighted by Gasteiger charge is -2.10. The van der Waals surface area contributed by atoms with Crippen LogP contribution in [0.3, 0.4) is 0 Å². The van der Waals surface area contributed by atoms with Crippen molar-refractivity contribution in [2.24, 2.45) is 0 Å². The Morgan fingerprint density at radius 1 is 1.16 bits per heavy atom. The van der Waals surface area contributed by atoms with Gasteiger partial charge in [-0.3, -0.25) is 0 Å². The fourth-order valence-corrected chi connectivity index (χ4v) is 1.62. The quantitative estimate of drug-likeness (QED) is 0.864. The molecule has 1 heterocycles. The molecule has 0 saturated heterocycles. The van der Waals surface area contributed by atoms with E-state index in [0.29, 0.717) is 18.5 Å². The molecule has 1 aromatic heterocycles. The molecule has 0 aliphatic carbocycles. The molecule has 4 nitrogen and oxygen atoms in total. The highest BCUT2D eigenvalue weighted by Gasteiger charge is 2.00. The van der Waals surface area contributed by atoms with E-state index in [1.165, 1.54) is 5.56 Å². The predicted octanol–water partition coefficient (Wildman–Crippen LogP) is 2.55. The van der Waals surface area contributed by atoms with Gasteiger partial charge >= 0.3 is 0 Å². The van der Waals surface area contributed by atoms with Crippen LogP contribution in [0, 0.1) is 0 Å². The Morgan fingerprint density at radius 2 is 1.95 bits per heavy atom. The van der Waals surface area contributed by atoms with Crippen LogP contribution in [0.4, 0.5) is 0 Å². The first-order chi connectivity index (χ1) is 9.24. The summed E-state index contributed by atoms with van der Waals surface area (Å²) in [6.07, 6.45) is 3.43. The fourth-order valence-electron chi connectivity index (χ4n) is 1.62. The Morgan fingerprint density at radius 3 is 2.68 bits per heavy atom. The molecule has 2 aromatic rings. The van der Waals surface area contributed by atoms with E-state index in [1.807, 2.05) is 18.2 Å². The van der Waals surface area contributed by atoms with E-state index in [1.54, 1.807) is 18.5 Å². The van der Waals surface area contributed by atoms with Crippen molar-refractivity contribution in [1.82, 2.24) is 15.3 Å². The smallest absolute Gasteiger partial charge is 0.166 e. The normalized spacial score (nSPS) is 10.7. The first-order valence-corrected chi connectivity index (χ1v) is 6.45. The van der Waals surface area contributed by atoms with E-state index in [-0.39, 0.29) is 0 Å². The third-order valence-electron chi connectivity index (χ3n) is 2.60. The summed E-state index contributed by atoms with van der Waals surface area (Å²) in [5.74, 6) is 1.53. The lowest BCUT2D eigenvalue weighted by Crippen LogP contribution is -2.21. The van der Waals surface area contributed by atoms with Gasteiger partial charge in [0.15, 0.2) is 5.82 Å². The summed E-state index contributed by atoms with van der Waals surface area (Å²) >= 11 is 0. The number of hydrogen-bond acceptors (Lipinski definition) is 4. The van der Waals surface area contributed by atoms with E-state index in [2.05, 4.69) is 35.2 Å².